The highest BCUT2D eigenvalue weighted by Crippen LogP contribution is 2.30. The van der Waals surface area contributed by atoms with Gasteiger partial charge in [0.2, 0.25) is 0 Å². The van der Waals surface area contributed by atoms with Crippen molar-refractivity contribution in [3.63, 3.8) is 0 Å². The first-order valence-electron chi connectivity index (χ1n) is 10.1. The average Bonchev–Trinajstić information content (AvgIpc) is 3.21. The fourth-order valence-electron chi connectivity index (χ4n) is 4.04. The highest BCUT2D eigenvalue weighted by Gasteiger charge is 2.33. The van der Waals surface area contributed by atoms with E-state index in [-0.39, 0.29) is 5.92 Å². The highest BCUT2D eigenvalue weighted by atomic mass is 35.5. The molecule has 1 fully saturated rings. The van der Waals surface area contributed by atoms with Gasteiger partial charge >= 0.3 is 0 Å². The van der Waals surface area contributed by atoms with Crippen LogP contribution in [0.15, 0.2) is 89.8 Å². The number of sulfonamides is 1. The predicted molar refractivity (Wildman–Crippen MR) is 122 cm³/mol. The number of rotatable bonds is 7. The zero-order chi connectivity index (χ0) is 21.0. The lowest BCUT2D eigenvalue weighted by Gasteiger charge is -2.29. The Kier molecular flexibility index (Phi) is 6.42. The molecule has 0 radical (unpaired) electrons. The third-order valence-electron chi connectivity index (χ3n) is 5.67. The SMILES string of the molecule is O=S(=O)(c1ccccc1)N(C[C@H]1CNC[C@@H]1Cc1ccccc1)c1ccc(Cl)cc1. The summed E-state index contributed by atoms with van der Waals surface area (Å²) in [6.07, 6.45) is 0.929. The molecule has 1 N–H and O–H groups in total. The molecule has 0 aliphatic carbocycles. The molecule has 0 unspecified atom stereocenters. The average molecular weight is 441 g/mol. The molecule has 1 aliphatic rings. The maximum absolute atomic E-state index is 13.5. The zero-order valence-corrected chi connectivity index (χ0v) is 18.2. The van der Waals surface area contributed by atoms with Gasteiger partial charge in [0.25, 0.3) is 10.0 Å². The topological polar surface area (TPSA) is 49.4 Å². The van der Waals surface area contributed by atoms with Crippen LogP contribution in [-0.4, -0.2) is 28.1 Å². The second kappa shape index (κ2) is 9.21. The molecule has 4 rings (SSSR count). The van der Waals surface area contributed by atoms with Crippen molar-refractivity contribution in [2.75, 3.05) is 23.9 Å². The lowest BCUT2D eigenvalue weighted by molar-refractivity contribution is 0.425. The molecular weight excluding hydrogens is 416 g/mol. The summed E-state index contributed by atoms with van der Waals surface area (Å²) in [5, 5.41) is 4.04. The van der Waals surface area contributed by atoms with E-state index in [1.165, 1.54) is 9.87 Å². The van der Waals surface area contributed by atoms with E-state index in [0.717, 1.165) is 19.5 Å². The number of hydrogen-bond donors (Lipinski definition) is 1. The highest BCUT2D eigenvalue weighted by molar-refractivity contribution is 7.92. The first-order valence-corrected chi connectivity index (χ1v) is 11.9. The second-order valence-corrected chi connectivity index (χ2v) is 9.99. The molecule has 0 saturated carbocycles. The van der Waals surface area contributed by atoms with Crippen molar-refractivity contribution in [3.05, 3.63) is 95.5 Å². The molecule has 1 saturated heterocycles. The van der Waals surface area contributed by atoms with Gasteiger partial charge in [-0.05, 0) is 66.8 Å². The molecule has 1 aliphatic heterocycles. The van der Waals surface area contributed by atoms with Crippen LogP contribution in [-0.2, 0) is 16.4 Å². The standard InChI is InChI=1S/C24H25ClN2O2S/c25-22-11-13-23(14-12-22)27(30(28,29)24-9-5-2-6-10-24)18-21-17-26-16-20(21)15-19-7-3-1-4-8-19/h1-14,20-21,26H,15-18H2/t20-,21+/m0/s1. The third-order valence-corrected chi connectivity index (χ3v) is 7.73. The quantitative estimate of drug-likeness (QED) is 0.583. The van der Waals surface area contributed by atoms with Crippen LogP contribution in [0.2, 0.25) is 5.02 Å². The van der Waals surface area contributed by atoms with Gasteiger partial charge in [-0.1, -0.05) is 60.1 Å². The Balaban J connectivity index is 1.63. The molecule has 4 nitrogen and oxygen atoms in total. The summed E-state index contributed by atoms with van der Waals surface area (Å²) in [6.45, 7) is 2.11. The summed E-state index contributed by atoms with van der Waals surface area (Å²) >= 11 is 6.05. The van der Waals surface area contributed by atoms with E-state index in [2.05, 4.69) is 17.4 Å². The maximum Gasteiger partial charge on any atom is 0.264 e. The third kappa shape index (κ3) is 4.69. The van der Waals surface area contributed by atoms with E-state index < -0.39 is 10.0 Å². The monoisotopic (exact) mass is 440 g/mol. The van der Waals surface area contributed by atoms with Crippen molar-refractivity contribution in [2.45, 2.75) is 11.3 Å². The number of anilines is 1. The molecule has 0 spiro atoms. The van der Waals surface area contributed by atoms with Crippen LogP contribution in [0.5, 0.6) is 0 Å². The smallest absolute Gasteiger partial charge is 0.264 e. The largest absolute Gasteiger partial charge is 0.316 e. The van der Waals surface area contributed by atoms with Crippen LogP contribution < -0.4 is 9.62 Å². The lowest BCUT2D eigenvalue weighted by atomic mass is 9.89. The molecule has 30 heavy (non-hydrogen) atoms. The van der Waals surface area contributed by atoms with Crippen molar-refractivity contribution >= 4 is 27.3 Å². The van der Waals surface area contributed by atoms with Crippen LogP contribution in [0.25, 0.3) is 0 Å². The van der Waals surface area contributed by atoms with Crippen molar-refractivity contribution < 1.29 is 8.42 Å². The number of nitrogens with zero attached hydrogens (tertiary/aromatic N) is 1. The van der Waals surface area contributed by atoms with E-state index in [1.54, 1.807) is 48.5 Å². The molecule has 2 atom stereocenters. The summed E-state index contributed by atoms with van der Waals surface area (Å²) in [4.78, 5) is 0.297. The van der Waals surface area contributed by atoms with Gasteiger partial charge in [-0.3, -0.25) is 4.31 Å². The first kappa shape index (κ1) is 20.9. The van der Waals surface area contributed by atoms with Crippen molar-refractivity contribution in [1.82, 2.24) is 5.32 Å². The van der Waals surface area contributed by atoms with Crippen LogP contribution in [0.1, 0.15) is 5.56 Å². The van der Waals surface area contributed by atoms with Gasteiger partial charge < -0.3 is 5.32 Å². The van der Waals surface area contributed by atoms with Gasteiger partial charge in [0, 0.05) is 18.1 Å². The Morgan fingerprint density at radius 2 is 1.43 bits per heavy atom. The van der Waals surface area contributed by atoms with Gasteiger partial charge in [0.1, 0.15) is 0 Å². The minimum absolute atomic E-state index is 0.208. The fraction of sp³-hybridized carbons (Fsp3) is 0.250. The Labute approximate surface area is 183 Å². The Morgan fingerprint density at radius 3 is 2.10 bits per heavy atom. The lowest BCUT2D eigenvalue weighted by Crippen LogP contribution is -2.38. The molecule has 0 bridgehead atoms. The molecule has 0 amide bonds. The van der Waals surface area contributed by atoms with Gasteiger partial charge in [0.15, 0.2) is 0 Å². The Hall–Kier alpha value is -2.34. The minimum Gasteiger partial charge on any atom is -0.316 e. The van der Waals surface area contributed by atoms with Crippen molar-refractivity contribution in [2.24, 2.45) is 11.8 Å². The van der Waals surface area contributed by atoms with Gasteiger partial charge in [-0.2, -0.15) is 0 Å². The molecule has 3 aromatic carbocycles. The normalized spacial score (nSPS) is 19.0. The van der Waals surface area contributed by atoms with Crippen LogP contribution in [0, 0.1) is 11.8 Å². The Morgan fingerprint density at radius 1 is 0.833 bits per heavy atom. The van der Waals surface area contributed by atoms with E-state index in [0.29, 0.717) is 28.1 Å². The van der Waals surface area contributed by atoms with Crippen molar-refractivity contribution in [1.29, 1.82) is 0 Å². The van der Waals surface area contributed by atoms with E-state index >= 15 is 0 Å². The summed E-state index contributed by atoms with van der Waals surface area (Å²) < 4.78 is 28.6. The molecule has 6 heteroatoms. The molecule has 0 aromatic heterocycles. The van der Waals surface area contributed by atoms with Gasteiger partial charge in [0.05, 0.1) is 10.6 Å². The number of benzene rings is 3. The number of nitrogens with one attached hydrogen (secondary N) is 1. The summed E-state index contributed by atoms with van der Waals surface area (Å²) in [7, 11) is -3.69. The Bertz CT molecular complexity index is 1060. The van der Waals surface area contributed by atoms with E-state index in [9.17, 15) is 8.42 Å². The zero-order valence-electron chi connectivity index (χ0n) is 16.6. The van der Waals surface area contributed by atoms with Gasteiger partial charge in [-0.25, -0.2) is 8.42 Å². The molecule has 156 valence electrons. The van der Waals surface area contributed by atoms with Crippen LogP contribution in [0.4, 0.5) is 5.69 Å². The van der Waals surface area contributed by atoms with E-state index in [4.69, 9.17) is 11.6 Å². The molecule has 3 aromatic rings. The maximum atomic E-state index is 13.5. The summed E-state index contributed by atoms with van der Waals surface area (Å²) in [6, 6.07) is 26.0. The molecule has 1 heterocycles. The summed E-state index contributed by atoms with van der Waals surface area (Å²) in [5.74, 6) is 0.576. The predicted octanol–water partition coefficient (Wildman–Crippen LogP) is 4.61. The van der Waals surface area contributed by atoms with E-state index in [1.807, 2.05) is 24.3 Å². The first-order chi connectivity index (χ1) is 14.5. The molecular formula is C24H25ClN2O2S. The number of halogens is 1. The van der Waals surface area contributed by atoms with Crippen molar-refractivity contribution in [3.8, 4) is 0 Å². The minimum atomic E-state index is -3.69. The van der Waals surface area contributed by atoms with Gasteiger partial charge in [-0.15, -0.1) is 0 Å². The second-order valence-electron chi connectivity index (χ2n) is 7.69. The summed E-state index contributed by atoms with van der Waals surface area (Å²) in [5.41, 5.74) is 1.91. The van der Waals surface area contributed by atoms with Crippen LogP contribution in [0.3, 0.4) is 0 Å². The number of hydrogen-bond acceptors (Lipinski definition) is 3. The van der Waals surface area contributed by atoms with Crippen LogP contribution >= 0.6 is 11.6 Å². The fourth-order valence-corrected chi connectivity index (χ4v) is 5.71.